The summed E-state index contributed by atoms with van der Waals surface area (Å²) in [5.41, 5.74) is 3.09. The first-order chi connectivity index (χ1) is 9.78. The molecule has 20 heavy (non-hydrogen) atoms. The van der Waals surface area contributed by atoms with E-state index in [0.717, 1.165) is 50.5 Å². The Balaban J connectivity index is 1.67. The first-order valence-electron chi connectivity index (χ1n) is 7.35. The molecule has 4 nitrogen and oxygen atoms in total. The maximum absolute atomic E-state index is 9.00. The molecule has 1 aromatic carbocycles. The van der Waals surface area contributed by atoms with Crippen molar-refractivity contribution in [2.45, 2.75) is 19.4 Å². The molecule has 0 aromatic heterocycles. The lowest BCUT2D eigenvalue weighted by Gasteiger charge is -2.32. The van der Waals surface area contributed by atoms with Gasteiger partial charge < -0.3 is 9.64 Å². The summed E-state index contributed by atoms with van der Waals surface area (Å²) in [6, 6.07) is 9.03. The van der Waals surface area contributed by atoms with E-state index in [2.05, 4.69) is 28.0 Å². The normalized spacial score (nSPS) is 23.8. The van der Waals surface area contributed by atoms with Crippen LogP contribution in [0.2, 0.25) is 0 Å². The summed E-state index contributed by atoms with van der Waals surface area (Å²) in [6.45, 7) is 8.06. The van der Waals surface area contributed by atoms with Gasteiger partial charge in [0.15, 0.2) is 0 Å². The third kappa shape index (κ3) is 2.65. The molecule has 1 unspecified atom stereocenters. The highest BCUT2D eigenvalue weighted by molar-refractivity contribution is 5.54. The van der Waals surface area contributed by atoms with Crippen molar-refractivity contribution >= 4 is 5.69 Å². The number of nitrogens with zero attached hydrogens (tertiary/aromatic N) is 3. The molecule has 0 radical (unpaired) electrons. The molecular formula is C16H21N3O. The van der Waals surface area contributed by atoms with Crippen LogP contribution in [0.5, 0.6) is 0 Å². The number of nitriles is 1. The minimum absolute atomic E-state index is 0.648. The number of aryl methyl sites for hydroxylation is 1. The fourth-order valence-corrected chi connectivity index (χ4v) is 3.19. The molecule has 2 aliphatic rings. The van der Waals surface area contributed by atoms with Gasteiger partial charge in [-0.05, 0) is 37.1 Å². The topological polar surface area (TPSA) is 39.5 Å². The molecule has 0 spiro atoms. The number of morpholine rings is 1. The quantitative estimate of drug-likeness (QED) is 0.822. The van der Waals surface area contributed by atoms with Crippen LogP contribution in [0.3, 0.4) is 0 Å². The van der Waals surface area contributed by atoms with E-state index in [4.69, 9.17) is 10.00 Å². The van der Waals surface area contributed by atoms with Gasteiger partial charge in [-0.3, -0.25) is 4.90 Å². The molecule has 0 amide bonds. The van der Waals surface area contributed by atoms with Crippen molar-refractivity contribution in [3.05, 3.63) is 29.3 Å². The molecule has 0 bridgehead atoms. The Morgan fingerprint density at radius 2 is 2.05 bits per heavy atom. The van der Waals surface area contributed by atoms with E-state index in [1.54, 1.807) is 0 Å². The molecule has 4 heteroatoms. The summed E-state index contributed by atoms with van der Waals surface area (Å²) in [5.74, 6) is 0. The van der Waals surface area contributed by atoms with Gasteiger partial charge in [-0.25, -0.2) is 0 Å². The second-order valence-electron chi connectivity index (χ2n) is 5.65. The molecule has 106 valence electrons. The van der Waals surface area contributed by atoms with Gasteiger partial charge in [0.05, 0.1) is 24.8 Å². The van der Waals surface area contributed by atoms with Crippen molar-refractivity contribution in [2.75, 3.05) is 44.3 Å². The highest BCUT2D eigenvalue weighted by Crippen LogP contribution is 2.25. The number of benzene rings is 1. The first kappa shape index (κ1) is 13.4. The fraction of sp³-hybridized carbons (Fsp3) is 0.562. The zero-order chi connectivity index (χ0) is 13.9. The van der Waals surface area contributed by atoms with Gasteiger partial charge in [-0.1, -0.05) is 0 Å². The van der Waals surface area contributed by atoms with Crippen LogP contribution in [-0.4, -0.2) is 50.3 Å². The second-order valence-corrected chi connectivity index (χ2v) is 5.65. The SMILES string of the molecule is Cc1cc(N2CCC(N3CCOCC3)C2)ccc1C#N. The van der Waals surface area contributed by atoms with Crippen LogP contribution in [0.15, 0.2) is 18.2 Å². The predicted octanol–water partition coefficient (Wildman–Crippen LogP) is 1.78. The van der Waals surface area contributed by atoms with E-state index >= 15 is 0 Å². The number of hydrogen-bond donors (Lipinski definition) is 0. The van der Waals surface area contributed by atoms with Crippen molar-refractivity contribution in [3.63, 3.8) is 0 Å². The van der Waals surface area contributed by atoms with Crippen molar-refractivity contribution in [3.8, 4) is 6.07 Å². The van der Waals surface area contributed by atoms with Gasteiger partial charge in [0.2, 0.25) is 0 Å². The summed E-state index contributed by atoms with van der Waals surface area (Å²) in [4.78, 5) is 4.99. The predicted molar refractivity (Wildman–Crippen MR) is 78.9 cm³/mol. The lowest BCUT2D eigenvalue weighted by molar-refractivity contribution is 0.0209. The van der Waals surface area contributed by atoms with Crippen LogP contribution in [-0.2, 0) is 4.74 Å². The Kier molecular flexibility index (Phi) is 3.90. The van der Waals surface area contributed by atoms with Gasteiger partial charge >= 0.3 is 0 Å². The summed E-state index contributed by atoms with van der Waals surface area (Å²) >= 11 is 0. The maximum Gasteiger partial charge on any atom is 0.0994 e. The minimum atomic E-state index is 0.648. The molecule has 3 rings (SSSR count). The van der Waals surface area contributed by atoms with Gasteiger partial charge in [0, 0.05) is 37.9 Å². The van der Waals surface area contributed by atoms with Crippen LogP contribution in [0, 0.1) is 18.3 Å². The van der Waals surface area contributed by atoms with E-state index in [1.165, 1.54) is 12.1 Å². The van der Waals surface area contributed by atoms with Crippen LogP contribution < -0.4 is 4.90 Å². The molecule has 1 aromatic rings. The zero-order valence-electron chi connectivity index (χ0n) is 12.0. The minimum Gasteiger partial charge on any atom is -0.379 e. The monoisotopic (exact) mass is 271 g/mol. The van der Waals surface area contributed by atoms with Gasteiger partial charge in [-0.2, -0.15) is 5.26 Å². The van der Waals surface area contributed by atoms with E-state index in [0.29, 0.717) is 6.04 Å². The Labute approximate surface area is 120 Å². The highest BCUT2D eigenvalue weighted by Gasteiger charge is 2.28. The largest absolute Gasteiger partial charge is 0.379 e. The van der Waals surface area contributed by atoms with Crippen LogP contribution in [0.1, 0.15) is 17.5 Å². The van der Waals surface area contributed by atoms with E-state index in [-0.39, 0.29) is 0 Å². The first-order valence-corrected chi connectivity index (χ1v) is 7.35. The third-order valence-corrected chi connectivity index (χ3v) is 4.42. The van der Waals surface area contributed by atoms with Crippen LogP contribution >= 0.6 is 0 Å². The van der Waals surface area contributed by atoms with Crippen molar-refractivity contribution in [2.24, 2.45) is 0 Å². The molecule has 2 saturated heterocycles. The van der Waals surface area contributed by atoms with Crippen molar-refractivity contribution in [1.29, 1.82) is 5.26 Å². The van der Waals surface area contributed by atoms with Crippen molar-refractivity contribution < 1.29 is 4.74 Å². The van der Waals surface area contributed by atoms with Crippen molar-refractivity contribution in [1.82, 2.24) is 4.90 Å². The average molecular weight is 271 g/mol. The third-order valence-electron chi connectivity index (χ3n) is 4.42. The zero-order valence-corrected chi connectivity index (χ0v) is 12.0. The van der Waals surface area contributed by atoms with Gasteiger partial charge in [0.1, 0.15) is 0 Å². The Bertz CT molecular complexity index is 517. The van der Waals surface area contributed by atoms with Crippen LogP contribution in [0.25, 0.3) is 0 Å². The van der Waals surface area contributed by atoms with E-state index < -0.39 is 0 Å². The standard InChI is InChI=1S/C16H21N3O/c1-13-10-15(3-2-14(13)11-17)19-5-4-16(12-19)18-6-8-20-9-7-18/h2-3,10,16H,4-9,12H2,1H3. The van der Waals surface area contributed by atoms with Gasteiger partial charge in [-0.15, -0.1) is 0 Å². The van der Waals surface area contributed by atoms with E-state index in [9.17, 15) is 0 Å². The molecule has 2 aliphatic heterocycles. The Morgan fingerprint density at radius 3 is 2.75 bits per heavy atom. The highest BCUT2D eigenvalue weighted by atomic mass is 16.5. The van der Waals surface area contributed by atoms with Crippen LogP contribution in [0.4, 0.5) is 5.69 Å². The number of anilines is 1. The van der Waals surface area contributed by atoms with Gasteiger partial charge in [0.25, 0.3) is 0 Å². The average Bonchev–Trinajstić information content (AvgIpc) is 2.98. The number of hydrogen-bond acceptors (Lipinski definition) is 4. The van der Waals surface area contributed by atoms with E-state index in [1.807, 2.05) is 13.0 Å². The lowest BCUT2D eigenvalue weighted by Crippen LogP contribution is -2.44. The Morgan fingerprint density at radius 1 is 1.25 bits per heavy atom. The maximum atomic E-state index is 9.00. The number of rotatable bonds is 2. The summed E-state index contributed by atoms with van der Waals surface area (Å²) < 4.78 is 5.43. The molecule has 0 saturated carbocycles. The fourth-order valence-electron chi connectivity index (χ4n) is 3.19. The second kappa shape index (κ2) is 5.82. The lowest BCUT2D eigenvalue weighted by atomic mass is 10.1. The molecule has 2 heterocycles. The smallest absolute Gasteiger partial charge is 0.0994 e. The summed E-state index contributed by atoms with van der Waals surface area (Å²) in [6.07, 6.45) is 1.22. The molecule has 2 fully saturated rings. The molecule has 1 atom stereocenters. The number of ether oxygens (including phenoxy) is 1. The molecule has 0 N–H and O–H groups in total. The molecule has 0 aliphatic carbocycles. The summed E-state index contributed by atoms with van der Waals surface area (Å²) in [7, 11) is 0. The summed E-state index contributed by atoms with van der Waals surface area (Å²) in [5, 5.41) is 9.00. The Hall–Kier alpha value is -1.57. The molecular weight excluding hydrogens is 250 g/mol.